The summed E-state index contributed by atoms with van der Waals surface area (Å²) in [5, 5.41) is 12.5. The molecule has 2 bridgehead atoms. The van der Waals surface area contributed by atoms with Crippen molar-refractivity contribution in [1.82, 2.24) is 14.7 Å². The standard InChI is InChI=1S/C28H41N3O4/c1-5-30(6-2)26(32)19-8-7-14-31(17-19)20-11-12-28(33)22-16-18-9-10-21(34-4)24-23(18)27(28,25(20)35-24)13-15-29(22)3/h9-10,19-20,22,25,33H,5-8,11-17H2,1-4H3/t19?,20-,22-,25+,27+,28-/m1/s1. The Hall–Kier alpha value is -1.83. The Balaban J connectivity index is 1.39. The average Bonchev–Trinajstić information content (AvgIpc) is 3.22. The van der Waals surface area contributed by atoms with Gasteiger partial charge in [0.1, 0.15) is 6.10 Å². The molecule has 6 atom stereocenters. The number of benzene rings is 1. The number of piperidine rings is 2. The highest BCUT2D eigenvalue weighted by atomic mass is 16.5. The van der Waals surface area contributed by atoms with Gasteiger partial charge in [-0.15, -0.1) is 0 Å². The summed E-state index contributed by atoms with van der Waals surface area (Å²) in [6.45, 7) is 8.41. The Morgan fingerprint density at radius 3 is 2.77 bits per heavy atom. The van der Waals surface area contributed by atoms with Gasteiger partial charge in [-0.25, -0.2) is 0 Å². The number of carbonyl (C=O) groups is 1. The van der Waals surface area contributed by atoms with Crippen LogP contribution in [0.15, 0.2) is 12.1 Å². The second kappa shape index (κ2) is 8.35. The van der Waals surface area contributed by atoms with Crippen molar-refractivity contribution in [3.63, 3.8) is 0 Å². The Labute approximate surface area is 209 Å². The number of carbonyl (C=O) groups excluding carboxylic acids is 1. The summed E-state index contributed by atoms with van der Waals surface area (Å²) in [5.41, 5.74) is 1.29. The fourth-order valence-electron chi connectivity index (χ4n) is 8.55. The fourth-order valence-corrected chi connectivity index (χ4v) is 8.55. The lowest BCUT2D eigenvalue weighted by Crippen LogP contribution is -2.78. The Morgan fingerprint density at radius 2 is 2.03 bits per heavy atom. The lowest BCUT2D eigenvalue weighted by molar-refractivity contribution is -0.198. The van der Waals surface area contributed by atoms with Crippen LogP contribution in [0.5, 0.6) is 11.5 Å². The van der Waals surface area contributed by atoms with Crippen LogP contribution in [-0.4, -0.2) is 96.4 Å². The minimum Gasteiger partial charge on any atom is -0.493 e. The zero-order chi connectivity index (χ0) is 24.5. The molecule has 7 heteroatoms. The van der Waals surface area contributed by atoms with E-state index in [1.807, 2.05) is 11.0 Å². The van der Waals surface area contributed by atoms with E-state index in [9.17, 15) is 9.90 Å². The van der Waals surface area contributed by atoms with E-state index >= 15 is 0 Å². The molecular weight excluding hydrogens is 442 g/mol. The lowest BCUT2D eigenvalue weighted by atomic mass is 9.48. The number of methoxy groups -OCH3 is 1. The molecule has 1 amide bonds. The van der Waals surface area contributed by atoms with Crippen LogP contribution in [0, 0.1) is 5.92 Å². The predicted molar refractivity (Wildman–Crippen MR) is 134 cm³/mol. The number of likely N-dealkylation sites (tertiary alicyclic amines) is 2. The quantitative estimate of drug-likeness (QED) is 0.694. The van der Waals surface area contributed by atoms with Gasteiger partial charge in [0.25, 0.3) is 0 Å². The highest BCUT2D eigenvalue weighted by Gasteiger charge is 2.73. The molecule has 1 aromatic rings. The fraction of sp³-hybridized carbons (Fsp3) is 0.750. The molecule has 192 valence electrons. The number of rotatable bonds is 5. The maximum Gasteiger partial charge on any atom is 0.226 e. The molecule has 35 heavy (non-hydrogen) atoms. The molecule has 1 unspecified atom stereocenters. The number of likely N-dealkylation sites (N-methyl/N-ethyl adjacent to an activating group) is 1. The van der Waals surface area contributed by atoms with Gasteiger partial charge in [0.2, 0.25) is 5.91 Å². The van der Waals surface area contributed by atoms with Crippen LogP contribution >= 0.6 is 0 Å². The third kappa shape index (κ3) is 3.04. The van der Waals surface area contributed by atoms with E-state index in [-0.39, 0.29) is 24.1 Å². The summed E-state index contributed by atoms with van der Waals surface area (Å²) in [6, 6.07) is 4.53. The molecule has 0 radical (unpaired) electrons. The topological polar surface area (TPSA) is 65.5 Å². The summed E-state index contributed by atoms with van der Waals surface area (Å²) in [7, 11) is 3.87. The first-order chi connectivity index (χ1) is 16.9. The minimum atomic E-state index is -0.808. The molecular formula is C28H41N3O4. The van der Waals surface area contributed by atoms with E-state index in [0.717, 1.165) is 82.7 Å². The van der Waals surface area contributed by atoms with E-state index in [0.29, 0.717) is 5.91 Å². The third-order valence-corrected chi connectivity index (χ3v) is 10.2. The Kier molecular flexibility index (Phi) is 5.62. The third-order valence-electron chi connectivity index (χ3n) is 10.2. The lowest BCUT2D eigenvalue weighted by Gasteiger charge is -2.64. The zero-order valence-corrected chi connectivity index (χ0v) is 21.8. The number of nitrogens with zero attached hydrogens (tertiary/aromatic N) is 3. The highest BCUT2D eigenvalue weighted by molar-refractivity contribution is 5.79. The molecule has 2 aliphatic carbocycles. The van der Waals surface area contributed by atoms with Gasteiger partial charge < -0.3 is 24.4 Å². The van der Waals surface area contributed by atoms with E-state index < -0.39 is 11.0 Å². The maximum absolute atomic E-state index is 13.2. The molecule has 1 spiro atoms. The molecule has 1 aromatic carbocycles. The molecule has 5 aliphatic rings. The van der Waals surface area contributed by atoms with Gasteiger partial charge in [-0.2, -0.15) is 0 Å². The molecule has 1 N–H and O–H groups in total. The molecule has 3 fully saturated rings. The zero-order valence-electron chi connectivity index (χ0n) is 21.8. The summed E-state index contributed by atoms with van der Waals surface area (Å²) >= 11 is 0. The van der Waals surface area contributed by atoms with Crippen LogP contribution in [-0.2, 0) is 16.6 Å². The second-order valence-electron chi connectivity index (χ2n) is 11.5. The van der Waals surface area contributed by atoms with Crippen molar-refractivity contribution in [2.24, 2.45) is 5.92 Å². The van der Waals surface area contributed by atoms with Gasteiger partial charge >= 0.3 is 0 Å². The smallest absolute Gasteiger partial charge is 0.226 e. The normalized spacial score (nSPS) is 38.0. The maximum atomic E-state index is 13.2. The van der Waals surface area contributed by atoms with Crippen molar-refractivity contribution in [2.45, 2.75) is 81.6 Å². The van der Waals surface area contributed by atoms with E-state index in [1.54, 1.807) is 7.11 Å². The Bertz CT molecular complexity index is 1010. The second-order valence-corrected chi connectivity index (χ2v) is 11.5. The van der Waals surface area contributed by atoms with Crippen molar-refractivity contribution in [3.05, 3.63) is 23.3 Å². The van der Waals surface area contributed by atoms with Crippen LogP contribution in [0.1, 0.15) is 57.1 Å². The number of hydrogen-bond donors (Lipinski definition) is 1. The van der Waals surface area contributed by atoms with Gasteiger partial charge in [-0.05, 0) is 84.1 Å². The number of hydrogen-bond acceptors (Lipinski definition) is 6. The first-order valence-electron chi connectivity index (χ1n) is 13.7. The van der Waals surface area contributed by atoms with Crippen LogP contribution in [0.4, 0.5) is 0 Å². The van der Waals surface area contributed by atoms with Crippen molar-refractivity contribution in [2.75, 3.05) is 46.9 Å². The van der Waals surface area contributed by atoms with Gasteiger partial charge in [-0.3, -0.25) is 9.69 Å². The van der Waals surface area contributed by atoms with Gasteiger partial charge in [0.05, 0.1) is 24.0 Å². The van der Waals surface area contributed by atoms with Crippen LogP contribution in [0.25, 0.3) is 0 Å². The van der Waals surface area contributed by atoms with Gasteiger partial charge in [0.15, 0.2) is 11.5 Å². The first-order valence-corrected chi connectivity index (χ1v) is 13.7. The molecule has 6 rings (SSSR count). The average molecular weight is 484 g/mol. The molecule has 3 aliphatic heterocycles. The summed E-state index contributed by atoms with van der Waals surface area (Å²) in [5.74, 6) is 1.98. The van der Waals surface area contributed by atoms with Crippen LogP contribution < -0.4 is 9.47 Å². The predicted octanol–water partition coefficient (Wildman–Crippen LogP) is 2.43. The van der Waals surface area contributed by atoms with Gasteiger partial charge in [0, 0.05) is 37.3 Å². The summed E-state index contributed by atoms with van der Waals surface area (Å²) < 4.78 is 12.7. The van der Waals surface area contributed by atoms with E-state index in [4.69, 9.17) is 9.47 Å². The summed E-state index contributed by atoms with van der Waals surface area (Å²) in [6.07, 6.45) is 5.28. The monoisotopic (exact) mass is 483 g/mol. The van der Waals surface area contributed by atoms with E-state index in [1.165, 1.54) is 11.1 Å². The van der Waals surface area contributed by atoms with Gasteiger partial charge in [-0.1, -0.05) is 6.07 Å². The van der Waals surface area contributed by atoms with Crippen LogP contribution in [0.3, 0.4) is 0 Å². The molecule has 7 nitrogen and oxygen atoms in total. The van der Waals surface area contributed by atoms with Crippen molar-refractivity contribution < 1.29 is 19.4 Å². The van der Waals surface area contributed by atoms with Crippen LogP contribution in [0.2, 0.25) is 0 Å². The molecule has 3 heterocycles. The summed E-state index contributed by atoms with van der Waals surface area (Å²) in [4.78, 5) is 20.1. The molecule has 0 aromatic heterocycles. The van der Waals surface area contributed by atoms with E-state index in [2.05, 4.69) is 36.8 Å². The van der Waals surface area contributed by atoms with Crippen molar-refractivity contribution in [3.8, 4) is 11.5 Å². The number of aliphatic hydroxyl groups is 1. The SMILES string of the molecule is CCN(CC)C(=O)C1CCCN([C@@H]2CC[C@@]3(O)[C@H]4Cc5ccc(OC)c6c5[C@@]3(CCN4C)[C@H]2O6)C1. The molecule has 1 saturated carbocycles. The van der Waals surface area contributed by atoms with Crippen molar-refractivity contribution in [1.29, 1.82) is 0 Å². The highest BCUT2D eigenvalue weighted by Crippen LogP contribution is 2.65. The largest absolute Gasteiger partial charge is 0.493 e. The first kappa shape index (κ1) is 23.6. The molecule has 2 saturated heterocycles. The Morgan fingerprint density at radius 1 is 1.23 bits per heavy atom. The van der Waals surface area contributed by atoms with Crippen molar-refractivity contribution >= 4 is 5.91 Å². The minimum absolute atomic E-state index is 0.0485. The number of ether oxygens (including phenoxy) is 2. The number of amides is 1.